The van der Waals surface area contributed by atoms with Crippen LogP contribution in [-0.2, 0) is 0 Å². The van der Waals surface area contributed by atoms with Gasteiger partial charge >= 0.3 is 0 Å². The molecule has 0 spiro atoms. The third-order valence-corrected chi connectivity index (χ3v) is 6.29. The van der Waals surface area contributed by atoms with Crippen molar-refractivity contribution in [2.24, 2.45) is 0 Å². The van der Waals surface area contributed by atoms with Gasteiger partial charge in [-0.15, -0.1) is 0 Å². The Morgan fingerprint density at radius 3 is 2.64 bits per heavy atom. The molecule has 0 radical (unpaired) electrons. The van der Waals surface area contributed by atoms with Crippen LogP contribution in [0.2, 0.25) is 0 Å². The van der Waals surface area contributed by atoms with Crippen LogP contribution in [0.4, 0.5) is 5.82 Å². The van der Waals surface area contributed by atoms with Crippen molar-refractivity contribution in [2.45, 2.75) is 25.9 Å². The molecule has 3 aromatic rings. The third-order valence-electron chi connectivity index (χ3n) is 5.55. The Hall–Kier alpha value is -3.23. The van der Waals surface area contributed by atoms with E-state index in [0.29, 0.717) is 27.2 Å². The number of nitrogens with zero attached hydrogens (tertiary/aromatic N) is 2. The van der Waals surface area contributed by atoms with Crippen molar-refractivity contribution in [2.75, 3.05) is 25.5 Å². The summed E-state index contributed by atoms with van der Waals surface area (Å²) in [5.41, 5.74) is 1.23. The second-order valence-corrected chi connectivity index (χ2v) is 9.45. The monoisotopic (exact) mass is 461 g/mol. The minimum atomic E-state index is -0.255. The minimum absolute atomic E-state index is 0.171. The van der Waals surface area contributed by atoms with Crippen LogP contribution in [0.3, 0.4) is 0 Å². The number of hydrogen-bond acceptors (Lipinski definition) is 7. The number of rotatable bonds is 5. The summed E-state index contributed by atoms with van der Waals surface area (Å²) in [6.45, 7) is 3.68. The molecule has 2 heterocycles. The van der Waals surface area contributed by atoms with E-state index in [1.54, 1.807) is 31.3 Å². The van der Waals surface area contributed by atoms with Crippen molar-refractivity contribution >= 4 is 44.3 Å². The summed E-state index contributed by atoms with van der Waals surface area (Å²) < 4.78 is 6.11. The Balaban J connectivity index is 1.47. The molecular formula is C25H27N5O2S. The van der Waals surface area contributed by atoms with Gasteiger partial charge in [-0.25, -0.2) is 4.98 Å². The molecule has 33 heavy (non-hydrogen) atoms. The quantitative estimate of drug-likeness (QED) is 0.366. The van der Waals surface area contributed by atoms with Crippen LogP contribution >= 0.6 is 11.8 Å². The van der Waals surface area contributed by atoms with E-state index in [2.05, 4.69) is 22.2 Å². The van der Waals surface area contributed by atoms with Gasteiger partial charge in [0, 0.05) is 35.8 Å². The zero-order valence-electron chi connectivity index (χ0n) is 18.7. The number of fused-ring (bicyclic) bond motifs is 1. The number of carbonyl (C=O) groups excluding carboxylic acids is 1. The van der Waals surface area contributed by atoms with Crippen molar-refractivity contribution in [1.82, 2.24) is 9.88 Å². The largest absolute Gasteiger partial charge is 0.490 e. The van der Waals surface area contributed by atoms with Gasteiger partial charge in [0.05, 0.1) is 5.04 Å². The van der Waals surface area contributed by atoms with Crippen LogP contribution in [0, 0.1) is 10.8 Å². The fourth-order valence-corrected chi connectivity index (χ4v) is 4.31. The number of hydrogen-bond donors (Lipinski definition) is 3. The van der Waals surface area contributed by atoms with Crippen molar-refractivity contribution in [3.05, 3.63) is 65.9 Å². The van der Waals surface area contributed by atoms with E-state index in [1.165, 1.54) is 0 Å². The lowest BCUT2D eigenvalue weighted by Gasteiger charge is -2.29. The highest BCUT2D eigenvalue weighted by Gasteiger charge is 2.18. The number of benzene rings is 2. The van der Waals surface area contributed by atoms with Gasteiger partial charge < -0.3 is 15.0 Å². The first-order valence-electron chi connectivity index (χ1n) is 10.9. The lowest BCUT2D eigenvalue weighted by molar-refractivity contribution is 0.102. The second kappa shape index (κ2) is 10.1. The molecule has 1 fully saturated rings. The zero-order chi connectivity index (χ0) is 23.4. The first kappa shape index (κ1) is 22.9. The summed E-state index contributed by atoms with van der Waals surface area (Å²) >= 11 is 1.11. The first-order chi connectivity index (χ1) is 15.9. The van der Waals surface area contributed by atoms with Gasteiger partial charge in [-0.2, -0.15) is 0 Å². The smallest absolute Gasteiger partial charge is 0.256 e. The first-order valence-corrected chi connectivity index (χ1v) is 11.7. The van der Waals surface area contributed by atoms with Crippen LogP contribution in [-0.4, -0.2) is 52.1 Å². The lowest BCUT2D eigenvalue weighted by Crippen LogP contribution is -2.35. The Morgan fingerprint density at radius 2 is 1.88 bits per heavy atom. The minimum Gasteiger partial charge on any atom is -0.490 e. The van der Waals surface area contributed by atoms with Gasteiger partial charge in [0.1, 0.15) is 22.7 Å². The number of piperidine rings is 1. The number of aromatic nitrogens is 1. The molecule has 0 saturated carbocycles. The van der Waals surface area contributed by atoms with E-state index in [1.807, 2.05) is 30.3 Å². The van der Waals surface area contributed by atoms with E-state index in [0.717, 1.165) is 54.0 Å². The summed E-state index contributed by atoms with van der Waals surface area (Å²) in [5, 5.41) is 21.1. The topological polar surface area (TPSA) is 102 Å². The predicted octanol–water partition coefficient (Wildman–Crippen LogP) is 5.02. The molecule has 0 bridgehead atoms. The van der Waals surface area contributed by atoms with Gasteiger partial charge in [-0.05, 0) is 62.5 Å². The fraction of sp³-hybridized carbons (Fsp3) is 0.280. The molecule has 1 saturated heterocycles. The lowest BCUT2D eigenvalue weighted by atomic mass is 10.1. The number of carbonyl (C=O) groups is 1. The van der Waals surface area contributed by atoms with Crippen LogP contribution in [0.5, 0.6) is 5.75 Å². The van der Waals surface area contributed by atoms with Gasteiger partial charge in [0.15, 0.2) is 0 Å². The van der Waals surface area contributed by atoms with Crippen molar-refractivity contribution in [1.29, 1.82) is 10.8 Å². The Morgan fingerprint density at radius 1 is 1.09 bits per heavy atom. The van der Waals surface area contributed by atoms with Gasteiger partial charge in [-0.1, -0.05) is 30.0 Å². The molecule has 4 rings (SSSR count). The van der Waals surface area contributed by atoms with Crippen molar-refractivity contribution < 1.29 is 9.53 Å². The Kier molecular flexibility index (Phi) is 7.05. The maximum Gasteiger partial charge on any atom is 0.256 e. The van der Waals surface area contributed by atoms with Crippen LogP contribution in [0.1, 0.15) is 35.7 Å². The summed E-state index contributed by atoms with van der Waals surface area (Å²) in [7, 11) is 2.11. The Bertz CT molecular complexity index is 1200. The number of pyridine rings is 1. The summed E-state index contributed by atoms with van der Waals surface area (Å²) in [6.07, 6.45) is 3.83. The number of amides is 1. The van der Waals surface area contributed by atoms with Crippen LogP contribution in [0.25, 0.3) is 10.8 Å². The molecule has 0 unspecified atom stereocenters. The summed E-state index contributed by atoms with van der Waals surface area (Å²) in [4.78, 5) is 19.5. The molecule has 0 aliphatic carbocycles. The number of thioether (sulfide) groups is 1. The molecular weight excluding hydrogens is 434 g/mol. The third kappa shape index (κ3) is 5.97. The van der Waals surface area contributed by atoms with Crippen LogP contribution < -0.4 is 10.1 Å². The maximum atomic E-state index is 12.9. The number of ether oxygens (including phenoxy) is 1. The van der Waals surface area contributed by atoms with E-state index in [-0.39, 0.29) is 12.0 Å². The summed E-state index contributed by atoms with van der Waals surface area (Å²) in [6, 6.07) is 14.6. The van der Waals surface area contributed by atoms with Crippen molar-refractivity contribution in [3.8, 4) is 5.75 Å². The zero-order valence-corrected chi connectivity index (χ0v) is 19.5. The highest BCUT2D eigenvalue weighted by atomic mass is 32.2. The van der Waals surface area contributed by atoms with E-state index in [9.17, 15) is 4.79 Å². The highest BCUT2D eigenvalue weighted by Crippen LogP contribution is 2.23. The molecule has 3 N–H and O–H groups in total. The van der Waals surface area contributed by atoms with Crippen molar-refractivity contribution in [3.63, 3.8) is 0 Å². The SMILES string of the molecule is CC(=N)SC(=N)c1ccc2cnc(NC(=O)c3cccc(OC4CCN(C)CC4)c3)cc2c1. The van der Waals surface area contributed by atoms with E-state index >= 15 is 0 Å². The maximum absolute atomic E-state index is 12.9. The van der Waals surface area contributed by atoms with E-state index in [4.69, 9.17) is 15.6 Å². The van der Waals surface area contributed by atoms with Gasteiger partial charge in [0.25, 0.3) is 5.91 Å². The highest BCUT2D eigenvalue weighted by molar-refractivity contribution is 8.26. The molecule has 1 amide bonds. The molecule has 1 aliphatic rings. The number of anilines is 1. The van der Waals surface area contributed by atoms with Gasteiger partial charge in [0.2, 0.25) is 0 Å². The average Bonchev–Trinajstić information content (AvgIpc) is 2.80. The van der Waals surface area contributed by atoms with Crippen LogP contribution in [0.15, 0.2) is 54.7 Å². The Labute approximate surface area is 197 Å². The molecule has 7 nitrogen and oxygen atoms in total. The van der Waals surface area contributed by atoms with Gasteiger partial charge in [-0.3, -0.25) is 15.6 Å². The predicted molar refractivity (Wildman–Crippen MR) is 135 cm³/mol. The fourth-order valence-electron chi connectivity index (χ4n) is 3.76. The molecule has 1 aromatic heterocycles. The number of likely N-dealkylation sites (tertiary alicyclic amines) is 1. The molecule has 1 aliphatic heterocycles. The molecule has 170 valence electrons. The molecule has 2 aromatic carbocycles. The normalized spacial score (nSPS) is 14.7. The standard InChI is InChI=1S/C25H27N5O2S/c1-16(26)33-24(27)17-6-7-19-15-28-23(14-20(19)12-17)29-25(31)18-4-3-5-22(13-18)32-21-8-10-30(2)11-9-21/h3-7,12-15,21,26-27H,8-11H2,1-2H3,(H,28,29,31). The van der Waals surface area contributed by atoms with E-state index < -0.39 is 0 Å². The number of nitrogens with one attached hydrogen (secondary N) is 3. The second-order valence-electron chi connectivity index (χ2n) is 8.22. The average molecular weight is 462 g/mol. The molecule has 0 atom stereocenters. The molecule has 8 heteroatoms. The summed E-state index contributed by atoms with van der Waals surface area (Å²) in [5.74, 6) is 0.883.